The number of carbonyl (C=O) groups is 2. The second-order valence-electron chi connectivity index (χ2n) is 5.03. The van der Waals surface area contributed by atoms with Crippen LogP contribution >= 0.6 is 11.6 Å². The maximum atomic E-state index is 13.6. The lowest BCUT2D eigenvalue weighted by atomic mass is 9.89. The molecule has 0 spiro atoms. The molecule has 1 unspecified atom stereocenters. The number of carbonyl (C=O) groups excluding carboxylic acids is 2. The van der Waals surface area contributed by atoms with Crippen molar-refractivity contribution in [1.82, 2.24) is 4.90 Å². The number of nitrogens with two attached hydrogens (primary N) is 1. The summed E-state index contributed by atoms with van der Waals surface area (Å²) in [6.07, 6.45) is 0.482. The monoisotopic (exact) mass is 284 g/mol. The molecule has 0 radical (unpaired) electrons. The molecule has 102 valence electrons. The van der Waals surface area contributed by atoms with E-state index in [0.717, 1.165) is 6.07 Å². The lowest BCUT2D eigenvalue weighted by Gasteiger charge is -2.21. The quantitative estimate of drug-likeness (QED) is 0.900. The lowest BCUT2D eigenvalue weighted by molar-refractivity contribution is -0.126. The van der Waals surface area contributed by atoms with Crippen LogP contribution in [-0.4, -0.2) is 29.8 Å². The highest BCUT2D eigenvalue weighted by Gasteiger charge is 2.41. The van der Waals surface area contributed by atoms with Gasteiger partial charge in [-0.25, -0.2) is 4.39 Å². The van der Waals surface area contributed by atoms with Gasteiger partial charge in [0.05, 0.1) is 11.0 Å². The minimum atomic E-state index is -0.745. The van der Waals surface area contributed by atoms with E-state index < -0.39 is 23.0 Å². The summed E-state index contributed by atoms with van der Waals surface area (Å²) in [5.74, 6) is -1.54. The topological polar surface area (TPSA) is 63.4 Å². The van der Waals surface area contributed by atoms with E-state index in [-0.39, 0.29) is 12.1 Å². The first-order valence-electron chi connectivity index (χ1n) is 5.88. The van der Waals surface area contributed by atoms with Crippen LogP contribution in [0.25, 0.3) is 0 Å². The zero-order valence-electron chi connectivity index (χ0n) is 10.5. The van der Waals surface area contributed by atoms with Gasteiger partial charge >= 0.3 is 0 Å². The molecule has 2 rings (SSSR count). The molecule has 4 nitrogen and oxygen atoms in total. The van der Waals surface area contributed by atoms with E-state index in [1.54, 1.807) is 6.92 Å². The smallest absolute Gasteiger partial charge is 0.256 e. The first kappa shape index (κ1) is 13.8. The number of amides is 2. The fourth-order valence-electron chi connectivity index (χ4n) is 2.17. The molecule has 1 saturated heterocycles. The van der Waals surface area contributed by atoms with Crippen LogP contribution in [0.4, 0.5) is 4.39 Å². The van der Waals surface area contributed by atoms with Gasteiger partial charge in [-0.2, -0.15) is 0 Å². The van der Waals surface area contributed by atoms with E-state index in [1.165, 1.54) is 17.0 Å². The standard InChI is InChI=1S/C13H14ClFN2O2/c1-13(12(16)19)4-5-17(7-13)11(18)9-6-8(14)2-3-10(9)15/h2-3,6H,4-5,7H2,1H3,(H2,16,19). The third-order valence-electron chi connectivity index (χ3n) is 3.51. The molecule has 1 heterocycles. The van der Waals surface area contributed by atoms with E-state index in [0.29, 0.717) is 18.0 Å². The largest absolute Gasteiger partial charge is 0.369 e. The Balaban J connectivity index is 2.22. The van der Waals surface area contributed by atoms with Crippen molar-refractivity contribution < 1.29 is 14.0 Å². The SMILES string of the molecule is CC1(C(N)=O)CCN(C(=O)c2cc(Cl)ccc2F)C1. The Morgan fingerprint density at radius 2 is 2.16 bits per heavy atom. The van der Waals surface area contributed by atoms with Crippen LogP contribution in [0.5, 0.6) is 0 Å². The second-order valence-corrected chi connectivity index (χ2v) is 5.46. The van der Waals surface area contributed by atoms with E-state index in [4.69, 9.17) is 17.3 Å². The summed E-state index contributed by atoms with van der Waals surface area (Å²) < 4.78 is 13.6. The number of nitrogens with zero attached hydrogens (tertiary/aromatic N) is 1. The summed E-state index contributed by atoms with van der Waals surface area (Å²) in [7, 11) is 0. The number of hydrogen-bond donors (Lipinski definition) is 1. The number of primary amides is 1. The van der Waals surface area contributed by atoms with E-state index in [2.05, 4.69) is 0 Å². The zero-order valence-corrected chi connectivity index (χ0v) is 11.2. The number of benzene rings is 1. The summed E-state index contributed by atoms with van der Waals surface area (Å²) in [4.78, 5) is 25.0. The normalized spacial score (nSPS) is 22.6. The molecular weight excluding hydrogens is 271 g/mol. The van der Waals surface area contributed by atoms with Crippen LogP contribution in [0, 0.1) is 11.2 Å². The van der Waals surface area contributed by atoms with Crippen molar-refractivity contribution >= 4 is 23.4 Å². The number of rotatable bonds is 2. The average Bonchev–Trinajstić information content (AvgIpc) is 2.76. The molecule has 2 N–H and O–H groups in total. The van der Waals surface area contributed by atoms with Crippen molar-refractivity contribution in [1.29, 1.82) is 0 Å². The second kappa shape index (κ2) is 4.81. The third kappa shape index (κ3) is 2.56. The van der Waals surface area contributed by atoms with Crippen LogP contribution < -0.4 is 5.73 Å². The van der Waals surface area contributed by atoms with Gasteiger partial charge in [-0.15, -0.1) is 0 Å². The van der Waals surface area contributed by atoms with Crippen molar-refractivity contribution in [2.24, 2.45) is 11.1 Å². The molecule has 1 fully saturated rings. The maximum absolute atomic E-state index is 13.6. The van der Waals surface area contributed by atoms with Gasteiger partial charge in [0.1, 0.15) is 5.82 Å². The molecule has 0 aliphatic carbocycles. The van der Waals surface area contributed by atoms with Gasteiger partial charge in [-0.05, 0) is 31.5 Å². The third-order valence-corrected chi connectivity index (χ3v) is 3.75. The van der Waals surface area contributed by atoms with Crippen LogP contribution in [0.1, 0.15) is 23.7 Å². The molecule has 1 aromatic rings. The fourth-order valence-corrected chi connectivity index (χ4v) is 2.34. The Labute approximate surface area is 115 Å². The predicted molar refractivity (Wildman–Crippen MR) is 69.2 cm³/mol. The highest BCUT2D eigenvalue weighted by atomic mass is 35.5. The number of likely N-dealkylation sites (tertiary alicyclic amines) is 1. The molecule has 19 heavy (non-hydrogen) atoms. The molecule has 1 aliphatic rings. The van der Waals surface area contributed by atoms with Crippen LogP contribution in [-0.2, 0) is 4.79 Å². The predicted octanol–water partition coefficient (Wildman–Crippen LogP) is 1.82. The van der Waals surface area contributed by atoms with Gasteiger partial charge in [0.25, 0.3) is 5.91 Å². The number of hydrogen-bond acceptors (Lipinski definition) is 2. The summed E-state index contributed by atoms with van der Waals surface area (Å²) in [6, 6.07) is 3.82. The van der Waals surface area contributed by atoms with Crippen molar-refractivity contribution in [2.45, 2.75) is 13.3 Å². The maximum Gasteiger partial charge on any atom is 0.256 e. The summed E-state index contributed by atoms with van der Waals surface area (Å²) in [6.45, 7) is 2.29. The Bertz CT molecular complexity index is 549. The molecule has 1 atom stereocenters. The molecular formula is C13H14ClFN2O2. The van der Waals surface area contributed by atoms with Crippen molar-refractivity contribution in [3.8, 4) is 0 Å². The van der Waals surface area contributed by atoms with Gasteiger partial charge < -0.3 is 10.6 Å². The van der Waals surface area contributed by atoms with Crippen molar-refractivity contribution in [3.05, 3.63) is 34.6 Å². The van der Waals surface area contributed by atoms with Gasteiger partial charge in [0, 0.05) is 18.1 Å². The highest BCUT2D eigenvalue weighted by molar-refractivity contribution is 6.31. The summed E-state index contributed by atoms with van der Waals surface area (Å²) in [5.41, 5.74) is 4.49. The zero-order chi connectivity index (χ0) is 14.2. The average molecular weight is 285 g/mol. The first-order chi connectivity index (χ1) is 8.83. The minimum absolute atomic E-state index is 0.0822. The number of halogens is 2. The molecule has 2 amide bonds. The Hall–Kier alpha value is -1.62. The Morgan fingerprint density at radius 1 is 1.47 bits per heavy atom. The Kier molecular flexibility index (Phi) is 3.49. The summed E-state index contributed by atoms with van der Waals surface area (Å²) in [5, 5.41) is 0.293. The van der Waals surface area contributed by atoms with Gasteiger partial charge in [0.15, 0.2) is 0 Å². The van der Waals surface area contributed by atoms with Crippen molar-refractivity contribution in [2.75, 3.05) is 13.1 Å². The molecule has 0 bridgehead atoms. The molecule has 1 aromatic carbocycles. The van der Waals surface area contributed by atoms with Crippen LogP contribution in [0.15, 0.2) is 18.2 Å². The molecule has 0 aromatic heterocycles. The molecule has 0 saturated carbocycles. The van der Waals surface area contributed by atoms with Crippen molar-refractivity contribution in [3.63, 3.8) is 0 Å². The summed E-state index contributed by atoms with van der Waals surface area (Å²) >= 11 is 5.76. The minimum Gasteiger partial charge on any atom is -0.369 e. The van der Waals surface area contributed by atoms with Gasteiger partial charge in [-0.3, -0.25) is 9.59 Å². The van der Waals surface area contributed by atoms with E-state index in [9.17, 15) is 14.0 Å². The van der Waals surface area contributed by atoms with Gasteiger partial charge in [-0.1, -0.05) is 11.6 Å². The van der Waals surface area contributed by atoms with Gasteiger partial charge in [0.2, 0.25) is 5.91 Å². The van der Waals surface area contributed by atoms with Crippen LogP contribution in [0.2, 0.25) is 5.02 Å². The first-order valence-corrected chi connectivity index (χ1v) is 6.25. The fraction of sp³-hybridized carbons (Fsp3) is 0.385. The van der Waals surface area contributed by atoms with Crippen LogP contribution in [0.3, 0.4) is 0 Å². The Morgan fingerprint density at radius 3 is 2.74 bits per heavy atom. The lowest BCUT2D eigenvalue weighted by Crippen LogP contribution is -2.38. The molecule has 1 aliphatic heterocycles. The highest BCUT2D eigenvalue weighted by Crippen LogP contribution is 2.31. The molecule has 6 heteroatoms. The van der Waals surface area contributed by atoms with E-state index in [1.807, 2.05) is 0 Å². The van der Waals surface area contributed by atoms with E-state index >= 15 is 0 Å².